The van der Waals surface area contributed by atoms with Gasteiger partial charge in [0, 0.05) is 25.9 Å². The summed E-state index contributed by atoms with van der Waals surface area (Å²) in [4.78, 5) is 18.6. The molecule has 2 heterocycles. The number of halogens is 3. The highest BCUT2D eigenvalue weighted by molar-refractivity contribution is 6.42. The summed E-state index contributed by atoms with van der Waals surface area (Å²) >= 11 is 18.0. The summed E-state index contributed by atoms with van der Waals surface area (Å²) in [6, 6.07) is 3.27. The van der Waals surface area contributed by atoms with E-state index in [0.717, 1.165) is 29.8 Å². The zero-order valence-corrected chi connectivity index (χ0v) is 13.7. The zero-order valence-electron chi connectivity index (χ0n) is 11.4. The number of carbonyl (C=O) groups is 1. The Morgan fingerprint density at radius 2 is 2.05 bits per heavy atom. The van der Waals surface area contributed by atoms with Crippen molar-refractivity contribution < 1.29 is 4.79 Å². The van der Waals surface area contributed by atoms with Crippen LogP contribution in [0.4, 0.5) is 0 Å². The standard InChI is InChI=1S/C14H14Cl3N3O/c1-19-5-3-11(14(19)21)20-12-7-9(17)8(16)6-10(12)18-13(20)2-4-15/h6-7,11H,2-5H2,1H3. The van der Waals surface area contributed by atoms with Gasteiger partial charge in [0.05, 0.1) is 21.1 Å². The van der Waals surface area contributed by atoms with Crippen molar-refractivity contribution in [1.29, 1.82) is 0 Å². The molecule has 1 fully saturated rings. The van der Waals surface area contributed by atoms with Crippen LogP contribution >= 0.6 is 34.8 Å². The van der Waals surface area contributed by atoms with Gasteiger partial charge in [0.1, 0.15) is 11.9 Å². The molecule has 3 rings (SSSR count). The van der Waals surface area contributed by atoms with Gasteiger partial charge >= 0.3 is 0 Å². The fraction of sp³-hybridized carbons (Fsp3) is 0.429. The van der Waals surface area contributed by atoms with E-state index in [9.17, 15) is 4.79 Å². The molecule has 21 heavy (non-hydrogen) atoms. The van der Waals surface area contributed by atoms with Gasteiger partial charge < -0.3 is 9.47 Å². The number of nitrogens with zero attached hydrogens (tertiary/aromatic N) is 3. The lowest BCUT2D eigenvalue weighted by Crippen LogP contribution is -2.25. The highest BCUT2D eigenvalue weighted by atomic mass is 35.5. The van der Waals surface area contributed by atoms with Gasteiger partial charge in [0.2, 0.25) is 5.91 Å². The molecule has 0 N–H and O–H groups in total. The number of aromatic nitrogens is 2. The number of imidazole rings is 1. The summed E-state index contributed by atoms with van der Waals surface area (Å²) in [7, 11) is 1.81. The van der Waals surface area contributed by atoms with Gasteiger partial charge in [0.15, 0.2) is 0 Å². The van der Waals surface area contributed by atoms with Crippen LogP contribution in [0.3, 0.4) is 0 Å². The van der Waals surface area contributed by atoms with Crippen molar-refractivity contribution in [3.63, 3.8) is 0 Å². The van der Waals surface area contributed by atoms with Crippen LogP contribution in [0, 0.1) is 0 Å². The van der Waals surface area contributed by atoms with Gasteiger partial charge in [-0.3, -0.25) is 4.79 Å². The van der Waals surface area contributed by atoms with Gasteiger partial charge in [0.25, 0.3) is 0 Å². The van der Waals surface area contributed by atoms with Gasteiger partial charge in [-0.2, -0.15) is 0 Å². The van der Waals surface area contributed by atoms with Gasteiger partial charge in [-0.15, -0.1) is 11.6 Å². The quantitative estimate of drug-likeness (QED) is 0.797. The summed E-state index contributed by atoms with van der Waals surface area (Å²) < 4.78 is 1.96. The number of alkyl halides is 1. The molecule has 0 saturated carbocycles. The monoisotopic (exact) mass is 345 g/mol. The van der Waals surface area contributed by atoms with Gasteiger partial charge in [-0.25, -0.2) is 4.98 Å². The van der Waals surface area contributed by atoms with Gasteiger partial charge in [-0.1, -0.05) is 23.2 Å². The fourth-order valence-electron chi connectivity index (χ4n) is 2.79. The van der Waals surface area contributed by atoms with Crippen LogP contribution in [0.2, 0.25) is 10.0 Å². The molecule has 0 aliphatic carbocycles. The Balaban J connectivity index is 2.20. The Kier molecular flexibility index (Phi) is 4.04. The van der Waals surface area contributed by atoms with Crippen LogP contribution in [0.5, 0.6) is 0 Å². The second-order valence-electron chi connectivity index (χ2n) is 5.16. The third kappa shape index (κ3) is 2.50. The molecule has 2 aromatic rings. The van der Waals surface area contributed by atoms with E-state index in [1.54, 1.807) is 17.0 Å². The summed E-state index contributed by atoms with van der Waals surface area (Å²) in [6.07, 6.45) is 1.36. The van der Waals surface area contributed by atoms with Crippen molar-refractivity contribution >= 4 is 51.7 Å². The minimum absolute atomic E-state index is 0.0937. The SMILES string of the molecule is CN1CCC(n2c(CCCl)nc3cc(Cl)c(Cl)cc32)C1=O. The van der Waals surface area contributed by atoms with E-state index in [2.05, 4.69) is 4.98 Å². The predicted octanol–water partition coefficient (Wildman–Crippen LogP) is 3.53. The minimum atomic E-state index is -0.240. The maximum Gasteiger partial charge on any atom is 0.245 e. The van der Waals surface area contributed by atoms with E-state index < -0.39 is 0 Å². The van der Waals surface area contributed by atoms with Crippen molar-refractivity contribution in [3.05, 3.63) is 28.0 Å². The predicted molar refractivity (Wildman–Crippen MR) is 85.5 cm³/mol. The molecule has 0 bridgehead atoms. The van der Waals surface area contributed by atoms with Crippen molar-refractivity contribution in [2.24, 2.45) is 0 Å². The van der Waals surface area contributed by atoms with Crippen molar-refractivity contribution in [3.8, 4) is 0 Å². The first-order valence-electron chi connectivity index (χ1n) is 6.69. The van der Waals surface area contributed by atoms with E-state index in [4.69, 9.17) is 34.8 Å². The van der Waals surface area contributed by atoms with Crippen molar-refractivity contribution in [2.45, 2.75) is 18.9 Å². The second-order valence-corrected chi connectivity index (χ2v) is 6.35. The Hall–Kier alpha value is -0.970. The summed E-state index contributed by atoms with van der Waals surface area (Å²) in [6.45, 7) is 0.741. The molecular weight excluding hydrogens is 333 g/mol. The van der Waals surface area contributed by atoms with E-state index in [1.165, 1.54) is 0 Å². The molecule has 1 unspecified atom stereocenters. The molecule has 1 aliphatic heterocycles. The fourth-order valence-corrected chi connectivity index (χ4v) is 3.28. The minimum Gasteiger partial charge on any atom is -0.344 e. The normalized spacial score (nSPS) is 19.0. The van der Waals surface area contributed by atoms with Gasteiger partial charge in [-0.05, 0) is 18.6 Å². The maximum atomic E-state index is 12.3. The second kappa shape index (κ2) is 5.67. The number of hydrogen-bond donors (Lipinski definition) is 0. The first-order chi connectivity index (χ1) is 10.0. The summed E-state index contributed by atoms with van der Waals surface area (Å²) in [5.74, 6) is 1.34. The smallest absolute Gasteiger partial charge is 0.245 e. The Morgan fingerprint density at radius 3 is 2.67 bits per heavy atom. The number of likely N-dealkylation sites (N-methyl/N-ethyl adjacent to an activating group) is 1. The van der Waals surface area contributed by atoms with E-state index in [0.29, 0.717) is 22.3 Å². The highest BCUT2D eigenvalue weighted by Crippen LogP contribution is 2.33. The molecule has 4 nitrogen and oxygen atoms in total. The molecule has 1 amide bonds. The Morgan fingerprint density at radius 1 is 1.33 bits per heavy atom. The molecular formula is C14H14Cl3N3O. The van der Waals surface area contributed by atoms with E-state index in [1.807, 2.05) is 11.6 Å². The highest BCUT2D eigenvalue weighted by Gasteiger charge is 2.33. The number of hydrogen-bond acceptors (Lipinski definition) is 2. The molecule has 0 radical (unpaired) electrons. The summed E-state index contributed by atoms with van der Waals surface area (Å²) in [5.41, 5.74) is 1.57. The number of likely N-dealkylation sites (tertiary alicyclic amines) is 1. The number of carbonyl (C=O) groups excluding carboxylic acids is 1. The Labute approximate surface area is 137 Å². The molecule has 1 aromatic heterocycles. The number of fused-ring (bicyclic) bond motifs is 1. The number of benzene rings is 1. The van der Waals surface area contributed by atoms with Crippen molar-refractivity contribution in [1.82, 2.24) is 14.5 Å². The zero-order chi connectivity index (χ0) is 15.1. The van der Waals surface area contributed by atoms with E-state index >= 15 is 0 Å². The van der Waals surface area contributed by atoms with E-state index in [-0.39, 0.29) is 11.9 Å². The lowest BCUT2D eigenvalue weighted by atomic mass is 10.2. The first-order valence-corrected chi connectivity index (χ1v) is 7.98. The molecule has 1 aromatic carbocycles. The third-order valence-corrected chi connectivity index (χ3v) is 4.74. The number of aryl methyl sites for hydroxylation is 1. The average molecular weight is 347 g/mol. The van der Waals surface area contributed by atoms with Crippen LogP contribution < -0.4 is 0 Å². The van der Waals surface area contributed by atoms with Crippen LogP contribution in [-0.2, 0) is 11.2 Å². The lowest BCUT2D eigenvalue weighted by Gasteiger charge is -2.15. The molecule has 1 aliphatic rings. The maximum absolute atomic E-state index is 12.3. The molecule has 1 saturated heterocycles. The molecule has 0 spiro atoms. The summed E-state index contributed by atoms with van der Waals surface area (Å²) in [5, 5.41) is 0.919. The molecule has 1 atom stereocenters. The van der Waals surface area contributed by atoms with Crippen LogP contribution in [-0.4, -0.2) is 39.8 Å². The first kappa shape index (κ1) is 14.9. The third-order valence-electron chi connectivity index (χ3n) is 3.83. The number of amides is 1. The molecule has 7 heteroatoms. The number of rotatable bonds is 3. The van der Waals surface area contributed by atoms with Crippen LogP contribution in [0.1, 0.15) is 18.3 Å². The lowest BCUT2D eigenvalue weighted by molar-refractivity contribution is -0.129. The van der Waals surface area contributed by atoms with Crippen molar-refractivity contribution in [2.75, 3.05) is 19.5 Å². The van der Waals surface area contributed by atoms with Crippen LogP contribution in [0.15, 0.2) is 12.1 Å². The Bertz CT molecular complexity index is 713. The largest absolute Gasteiger partial charge is 0.344 e. The van der Waals surface area contributed by atoms with Crippen LogP contribution in [0.25, 0.3) is 11.0 Å². The molecule has 112 valence electrons. The average Bonchev–Trinajstić information content (AvgIpc) is 2.93. The topological polar surface area (TPSA) is 38.1 Å².